The Morgan fingerprint density at radius 1 is 1.82 bits per heavy atom. The number of rotatable bonds is 2. The molecule has 0 amide bonds. The molecule has 2 unspecified atom stereocenters. The van der Waals surface area contributed by atoms with Crippen molar-refractivity contribution in [1.82, 2.24) is 0 Å². The lowest BCUT2D eigenvalue weighted by Gasteiger charge is -2.41. The molecule has 0 bridgehead atoms. The summed E-state index contributed by atoms with van der Waals surface area (Å²) in [5, 5.41) is 9.58. The monoisotopic (exact) mass is 155 g/mol. The zero-order valence-corrected chi connectivity index (χ0v) is 6.63. The Kier molecular flexibility index (Phi) is 1.86. The molecule has 3 heteroatoms. The number of ketones is 1. The Morgan fingerprint density at radius 2 is 2.36 bits per heavy atom. The van der Waals surface area contributed by atoms with Crippen molar-refractivity contribution in [3.8, 4) is 0 Å². The fraction of sp³-hybridized carbons (Fsp3) is 0.625. The van der Waals surface area contributed by atoms with Crippen LogP contribution in [-0.4, -0.2) is 22.5 Å². The van der Waals surface area contributed by atoms with Crippen LogP contribution in [0.4, 0.5) is 0 Å². The third kappa shape index (κ3) is 1.10. The smallest absolute Gasteiger partial charge is 0.191 e. The molecule has 0 heterocycles. The van der Waals surface area contributed by atoms with E-state index in [1.807, 2.05) is 0 Å². The summed E-state index contributed by atoms with van der Waals surface area (Å²) in [6, 6.07) is -0.397. The SMILES string of the molecule is C=C(C)C(=O)C1(O)CCC1N. The highest BCUT2D eigenvalue weighted by Crippen LogP contribution is 2.33. The molecule has 0 aromatic heterocycles. The van der Waals surface area contributed by atoms with Gasteiger partial charge < -0.3 is 10.8 Å². The van der Waals surface area contributed by atoms with E-state index in [-0.39, 0.29) is 5.78 Å². The molecule has 0 radical (unpaired) electrons. The second kappa shape index (κ2) is 2.43. The first-order valence-corrected chi connectivity index (χ1v) is 3.67. The topological polar surface area (TPSA) is 63.3 Å². The summed E-state index contributed by atoms with van der Waals surface area (Å²) < 4.78 is 0. The molecule has 1 aliphatic carbocycles. The highest BCUT2D eigenvalue weighted by atomic mass is 16.3. The van der Waals surface area contributed by atoms with Gasteiger partial charge in [0.1, 0.15) is 5.60 Å². The van der Waals surface area contributed by atoms with Gasteiger partial charge >= 0.3 is 0 Å². The van der Waals surface area contributed by atoms with Crippen LogP contribution in [0.3, 0.4) is 0 Å². The summed E-state index contributed by atoms with van der Waals surface area (Å²) in [6.07, 6.45) is 1.19. The first kappa shape index (κ1) is 8.43. The van der Waals surface area contributed by atoms with Crippen molar-refractivity contribution in [2.24, 2.45) is 5.73 Å². The maximum atomic E-state index is 11.2. The first-order valence-electron chi connectivity index (χ1n) is 3.67. The third-order valence-corrected chi connectivity index (χ3v) is 2.23. The number of hydrogen-bond donors (Lipinski definition) is 2. The maximum Gasteiger partial charge on any atom is 0.191 e. The summed E-state index contributed by atoms with van der Waals surface area (Å²) in [5.74, 6) is -0.309. The van der Waals surface area contributed by atoms with E-state index in [1.54, 1.807) is 6.92 Å². The number of carbonyl (C=O) groups excluding carboxylic acids is 1. The Morgan fingerprint density at radius 3 is 2.45 bits per heavy atom. The summed E-state index contributed by atoms with van der Waals surface area (Å²) in [4.78, 5) is 11.2. The fourth-order valence-electron chi connectivity index (χ4n) is 1.24. The fourth-order valence-corrected chi connectivity index (χ4v) is 1.24. The Bertz CT molecular complexity index is 212. The van der Waals surface area contributed by atoms with Crippen molar-refractivity contribution in [2.45, 2.75) is 31.4 Å². The van der Waals surface area contributed by atoms with Crippen LogP contribution < -0.4 is 5.73 Å². The molecular weight excluding hydrogens is 142 g/mol. The van der Waals surface area contributed by atoms with Crippen molar-refractivity contribution in [3.05, 3.63) is 12.2 Å². The maximum absolute atomic E-state index is 11.2. The predicted molar refractivity (Wildman–Crippen MR) is 42.0 cm³/mol. The van der Waals surface area contributed by atoms with Crippen LogP contribution >= 0.6 is 0 Å². The molecule has 1 saturated carbocycles. The molecule has 0 aromatic rings. The molecule has 11 heavy (non-hydrogen) atoms. The minimum Gasteiger partial charge on any atom is -0.380 e. The highest BCUT2D eigenvalue weighted by Gasteiger charge is 2.48. The average Bonchev–Trinajstić information content (AvgIpc) is 1.98. The third-order valence-electron chi connectivity index (χ3n) is 2.23. The van der Waals surface area contributed by atoms with Crippen molar-refractivity contribution in [2.75, 3.05) is 0 Å². The lowest BCUT2D eigenvalue weighted by molar-refractivity contribution is -0.144. The van der Waals surface area contributed by atoms with Gasteiger partial charge in [-0.25, -0.2) is 0 Å². The second-order valence-electron chi connectivity index (χ2n) is 3.18. The number of hydrogen-bond acceptors (Lipinski definition) is 3. The molecule has 62 valence electrons. The van der Waals surface area contributed by atoms with Crippen molar-refractivity contribution >= 4 is 5.78 Å². The molecule has 2 atom stereocenters. The number of aliphatic hydroxyl groups is 1. The number of carbonyl (C=O) groups is 1. The van der Waals surface area contributed by atoms with Gasteiger partial charge in [-0.3, -0.25) is 4.79 Å². The van der Waals surface area contributed by atoms with Gasteiger partial charge in [-0.2, -0.15) is 0 Å². The van der Waals surface area contributed by atoms with Gasteiger partial charge in [0.05, 0.1) is 0 Å². The highest BCUT2D eigenvalue weighted by molar-refractivity contribution is 6.02. The van der Waals surface area contributed by atoms with Crippen molar-refractivity contribution in [1.29, 1.82) is 0 Å². The quantitative estimate of drug-likeness (QED) is 0.551. The van der Waals surface area contributed by atoms with E-state index in [4.69, 9.17) is 5.73 Å². The minimum atomic E-state index is -1.30. The normalized spacial score (nSPS) is 36.1. The van der Waals surface area contributed by atoms with E-state index in [1.165, 1.54) is 0 Å². The van der Waals surface area contributed by atoms with Gasteiger partial charge in [-0.05, 0) is 25.3 Å². The van der Waals surface area contributed by atoms with Crippen LogP contribution in [0.1, 0.15) is 19.8 Å². The van der Waals surface area contributed by atoms with Gasteiger partial charge in [0.2, 0.25) is 0 Å². The Hall–Kier alpha value is -0.670. The van der Waals surface area contributed by atoms with Crippen LogP contribution in [0.15, 0.2) is 12.2 Å². The average molecular weight is 155 g/mol. The first-order chi connectivity index (χ1) is 4.98. The van der Waals surface area contributed by atoms with Gasteiger partial charge in [-0.15, -0.1) is 0 Å². The van der Waals surface area contributed by atoms with E-state index in [0.717, 1.165) is 6.42 Å². The van der Waals surface area contributed by atoms with Crippen LogP contribution in [-0.2, 0) is 4.79 Å². The standard InChI is InChI=1S/C8H13NO2/c1-5(2)7(10)8(11)4-3-6(8)9/h6,11H,1,3-4,9H2,2H3. The van der Waals surface area contributed by atoms with E-state index in [9.17, 15) is 9.90 Å². The van der Waals surface area contributed by atoms with Crippen LogP contribution in [0.2, 0.25) is 0 Å². The van der Waals surface area contributed by atoms with E-state index < -0.39 is 11.6 Å². The van der Waals surface area contributed by atoms with Gasteiger partial charge in [0.15, 0.2) is 5.78 Å². The molecule has 3 N–H and O–H groups in total. The van der Waals surface area contributed by atoms with Crippen molar-refractivity contribution < 1.29 is 9.90 Å². The Labute approximate surface area is 65.9 Å². The zero-order valence-electron chi connectivity index (χ0n) is 6.63. The molecular formula is C8H13NO2. The molecule has 0 aliphatic heterocycles. The zero-order chi connectivity index (χ0) is 8.65. The molecule has 0 saturated heterocycles. The van der Waals surface area contributed by atoms with Crippen LogP contribution in [0.25, 0.3) is 0 Å². The van der Waals surface area contributed by atoms with Crippen LogP contribution in [0.5, 0.6) is 0 Å². The second-order valence-corrected chi connectivity index (χ2v) is 3.18. The number of nitrogens with two attached hydrogens (primary N) is 1. The molecule has 1 rings (SSSR count). The summed E-state index contributed by atoms with van der Waals surface area (Å²) in [7, 11) is 0. The summed E-state index contributed by atoms with van der Waals surface area (Å²) in [5.41, 5.74) is 4.56. The van der Waals surface area contributed by atoms with Gasteiger partial charge in [-0.1, -0.05) is 6.58 Å². The number of Topliss-reactive ketones (excluding diaryl/α,β-unsaturated/α-hetero) is 1. The summed E-state index contributed by atoms with van der Waals surface area (Å²) in [6.45, 7) is 5.06. The molecule has 3 nitrogen and oxygen atoms in total. The lowest BCUT2D eigenvalue weighted by atomic mass is 9.71. The largest absolute Gasteiger partial charge is 0.380 e. The molecule has 0 aromatic carbocycles. The van der Waals surface area contributed by atoms with E-state index in [0.29, 0.717) is 12.0 Å². The predicted octanol–water partition coefficient (Wildman–Crippen LogP) is -0.0162. The molecule has 0 spiro atoms. The summed E-state index contributed by atoms with van der Waals surface area (Å²) >= 11 is 0. The van der Waals surface area contributed by atoms with Crippen molar-refractivity contribution in [3.63, 3.8) is 0 Å². The Balaban J connectivity index is 2.73. The van der Waals surface area contributed by atoms with E-state index in [2.05, 4.69) is 6.58 Å². The molecule has 1 fully saturated rings. The minimum absolute atomic E-state index is 0.309. The van der Waals surface area contributed by atoms with Gasteiger partial charge in [0, 0.05) is 6.04 Å². The van der Waals surface area contributed by atoms with Gasteiger partial charge in [0.25, 0.3) is 0 Å². The molecule has 1 aliphatic rings. The van der Waals surface area contributed by atoms with Crippen LogP contribution in [0, 0.1) is 0 Å². The lowest BCUT2D eigenvalue weighted by Crippen LogP contribution is -2.61. The van der Waals surface area contributed by atoms with E-state index >= 15 is 0 Å².